The van der Waals surface area contributed by atoms with Gasteiger partial charge < -0.3 is 18.6 Å². The van der Waals surface area contributed by atoms with Crippen LogP contribution in [0.15, 0.2) is 38.5 Å². The van der Waals surface area contributed by atoms with Gasteiger partial charge in [0.2, 0.25) is 0 Å². The van der Waals surface area contributed by atoms with Crippen molar-refractivity contribution in [1.29, 1.82) is 0 Å². The minimum absolute atomic E-state index is 0.0807. The maximum atomic E-state index is 13.4. The molecular formula is C20H24N4O5. The van der Waals surface area contributed by atoms with Crippen molar-refractivity contribution in [2.24, 2.45) is 14.1 Å². The van der Waals surface area contributed by atoms with Gasteiger partial charge in [0, 0.05) is 27.2 Å². The number of ether oxygens (including phenoxy) is 1. The third kappa shape index (κ3) is 3.21. The van der Waals surface area contributed by atoms with Gasteiger partial charge in [-0.05, 0) is 32.0 Å². The summed E-state index contributed by atoms with van der Waals surface area (Å²) in [5.74, 6) is 0.414. The Bertz CT molecular complexity index is 1170. The highest BCUT2D eigenvalue weighted by atomic mass is 16.5. The Morgan fingerprint density at radius 1 is 1.14 bits per heavy atom. The molecule has 29 heavy (non-hydrogen) atoms. The molecule has 154 valence electrons. The summed E-state index contributed by atoms with van der Waals surface area (Å²) in [5.41, 5.74) is -0.142. The van der Waals surface area contributed by atoms with E-state index in [1.807, 2.05) is 13.8 Å². The van der Waals surface area contributed by atoms with E-state index in [0.717, 1.165) is 4.57 Å². The number of hydrogen-bond donors (Lipinski definition) is 0. The summed E-state index contributed by atoms with van der Waals surface area (Å²) in [4.78, 5) is 40.4. The van der Waals surface area contributed by atoms with Crippen LogP contribution in [0.1, 0.15) is 30.1 Å². The van der Waals surface area contributed by atoms with E-state index in [1.54, 1.807) is 41.0 Å². The molecule has 3 aromatic rings. The maximum absolute atomic E-state index is 13.4. The number of morpholine rings is 1. The van der Waals surface area contributed by atoms with Crippen molar-refractivity contribution >= 4 is 16.9 Å². The van der Waals surface area contributed by atoms with Crippen LogP contribution in [0, 0.1) is 0 Å². The summed E-state index contributed by atoms with van der Waals surface area (Å²) >= 11 is 0. The van der Waals surface area contributed by atoms with Gasteiger partial charge in [0.05, 0.1) is 30.4 Å². The molecule has 4 rings (SSSR count). The fourth-order valence-corrected chi connectivity index (χ4v) is 4.04. The molecule has 0 aliphatic carbocycles. The molecule has 0 saturated carbocycles. The molecule has 1 aliphatic rings. The molecule has 9 nitrogen and oxygen atoms in total. The maximum Gasteiger partial charge on any atom is 0.332 e. The van der Waals surface area contributed by atoms with Crippen molar-refractivity contribution in [2.75, 3.05) is 13.1 Å². The number of rotatable bonds is 3. The molecule has 0 radical (unpaired) electrons. The van der Waals surface area contributed by atoms with E-state index < -0.39 is 11.2 Å². The lowest BCUT2D eigenvalue weighted by Gasteiger charge is -2.35. The Balaban J connectivity index is 1.92. The van der Waals surface area contributed by atoms with Crippen LogP contribution >= 0.6 is 0 Å². The van der Waals surface area contributed by atoms with E-state index in [0.29, 0.717) is 35.6 Å². The molecule has 4 heterocycles. The van der Waals surface area contributed by atoms with Crippen molar-refractivity contribution in [3.05, 3.63) is 56.8 Å². The number of furan rings is 1. The van der Waals surface area contributed by atoms with Crippen molar-refractivity contribution < 1.29 is 13.9 Å². The highest BCUT2D eigenvalue weighted by molar-refractivity contribution is 5.98. The van der Waals surface area contributed by atoms with E-state index >= 15 is 0 Å². The smallest absolute Gasteiger partial charge is 0.332 e. The van der Waals surface area contributed by atoms with Gasteiger partial charge in [-0.1, -0.05) is 0 Å². The third-order valence-corrected chi connectivity index (χ3v) is 5.32. The highest BCUT2D eigenvalue weighted by Gasteiger charge is 2.30. The third-order valence-electron chi connectivity index (χ3n) is 5.32. The number of fused-ring (bicyclic) bond motifs is 1. The predicted octanol–water partition coefficient (Wildman–Crippen LogP) is 0.929. The summed E-state index contributed by atoms with van der Waals surface area (Å²) in [6.45, 7) is 5.00. The zero-order valence-corrected chi connectivity index (χ0v) is 16.9. The minimum Gasteiger partial charge on any atom is -0.467 e. The summed E-state index contributed by atoms with van der Waals surface area (Å²) < 4.78 is 15.3. The van der Waals surface area contributed by atoms with E-state index in [9.17, 15) is 14.4 Å². The lowest BCUT2D eigenvalue weighted by molar-refractivity contribution is -0.0588. The molecular weight excluding hydrogens is 376 g/mol. The Kier molecular flexibility index (Phi) is 4.70. The normalized spacial score (nSPS) is 19.8. The van der Waals surface area contributed by atoms with Crippen LogP contribution in [-0.4, -0.2) is 49.8 Å². The first-order valence-electron chi connectivity index (χ1n) is 9.54. The topological polar surface area (TPSA) is 91.6 Å². The molecule has 0 bridgehead atoms. The van der Waals surface area contributed by atoms with Crippen LogP contribution in [0.2, 0.25) is 0 Å². The predicted molar refractivity (Wildman–Crippen MR) is 106 cm³/mol. The van der Waals surface area contributed by atoms with Crippen molar-refractivity contribution in [1.82, 2.24) is 18.6 Å². The van der Waals surface area contributed by atoms with Crippen molar-refractivity contribution in [3.8, 4) is 0 Å². The van der Waals surface area contributed by atoms with Crippen LogP contribution in [0.3, 0.4) is 0 Å². The van der Waals surface area contributed by atoms with E-state index in [1.165, 1.54) is 11.6 Å². The standard InChI is InChI=1S/C20H24N4O5/c1-12-9-23(10-13(2)29-12)19(26)16-8-15-17(21(3)20(27)22(4)18(15)25)24(16)11-14-6-5-7-28-14/h5-8,12-13H,9-11H2,1-4H3. The van der Waals surface area contributed by atoms with Crippen molar-refractivity contribution in [2.45, 2.75) is 32.6 Å². The van der Waals surface area contributed by atoms with E-state index in [-0.39, 0.29) is 24.7 Å². The van der Waals surface area contributed by atoms with Gasteiger partial charge in [0.15, 0.2) is 0 Å². The molecule has 0 spiro atoms. The largest absolute Gasteiger partial charge is 0.467 e. The number of aryl methyl sites for hydroxylation is 1. The molecule has 1 aliphatic heterocycles. The molecule has 2 unspecified atom stereocenters. The van der Waals surface area contributed by atoms with Gasteiger partial charge in [-0.25, -0.2) is 4.79 Å². The Morgan fingerprint density at radius 3 is 2.45 bits per heavy atom. The summed E-state index contributed by atoms with van der Waals surface area (Å²) in [6.07, 6.45) is 1.39. The fraction of sp³-hybridized carbons (Fsp3) is 0.450. The number of hydrogen-bond acceptors (Lipinski definition) is 5. The molecule has 1 fully saturated rings. The first kappa shape index (κ1) is 19.3. The van der Waals surface area contributed by atoms with E-state index in [2.05, 4.69) is 0 Å². The summed E-state index contributed by atoms with van der Waals surface area (Å²) in [5, 5.41) is 0.318. The zero-order chi connectivity index (χ0) is 20.9. The van der Waals surface area contributed by atoms with Crippen LogP contribution in [0.4, 0.5) is 0 Å². The second kappa shape index (κ2) is 7.07. The second-order valence-corrected chi connectivity index (χ2v) is 7.61. The first-order chi connectivity index (χ1) is 13.8. The molecule has 1 saturated heterocycles. The first-order valence-corrected chi connectivity index (χ1v) is 9.54. The summed E-state index contributed by atoms with van der Waals surface area (Å²) in [6, 6.07) is 5.12. The number of aromatic nitrogens is 3. The van der Waals surface area contributed by atoms with E-state index in [4.69, 9.17) is 9.15 Å². The second-order valence-electron chi connectivity index (χ2n) is 7.61. The number of amides is 1. The minimum atomic E-state index is -0.450. The zero-order valence-electron chi connectivity index (χ0n) is 16.9. The molecule has 1 amide bonds. The quantitative estimate of drug-likeness (QED) is 0.652. The van der Waals surface area contributed by atoms with Crippen LogP contribution in [0.25, 0.3) is 11.0 Å². The van der Waals surface area contributed by atoms with Gasteiger partial charge in [0.25, 0.3) is 11.5 Å². The van der Waals surface area contributed by atoms with Crippen LogP contribution < -0.4 is 11.2 Å². The van der Waals surface area contributed by atoms with Gasteiger partial charge in [-0.15, -0.1) is 0 Å². The highest BCUT2D eigenvalue weighted by Crippen LogP contribution is 2.21. The number of carbonyl (C=O) groups is 1. The molecule has 3 aromatic heterocycles. The van der Waals surface area contributed by atoms with Crippen LogP contribution in [-0.2, 0) is 25.4 Å². The number of nitrogens with zero attached hydrogens (tertiary/aromatic N) is 4. The van der Waals surface area contributed by atoms with Crippen molar-refractivity contribution in [3.63, 3.8) is 0 Å². The SMILES string of the molecule is CC1CN(C(=O)c2cc3c(=O)n(C)c(=O)n(C)c3n2Cc2ccco2)CC(C)O1. The molecule has 2 atom stereocenters. The monoisotopic (exact) mass is 400 g/mol. The molecule has 0 N–H and O–H groups in total. The van der Waals surface area contributed by atoms with Gasteiger partial charge in [-0.3, -0.25) is 18.7 Å². The Labute approximate surface area is 166 Å². The van der Waals surface area contributed by atoms with Gasteiger partial charge >= 0.3 is 5.69 Å². The summed E-state index contributed by atoms with van der Waals surface area (Å²) in [7, 11) is 3.02. The lowest BCUT2D eigenvalue weighted by atomic mass is 10.2. The molecule has 9 heteroatoms. The van der Waals surface area contributed by atoms with Gasteiger partial charge in [0.1, 0.15) is 17.1 Å². The number of carbonyl (C=O) groups excluding carboxylic acids is 1. The fourth-order valence-electron chi connectivity index (χ4n) is 4.04. The Hall–Kier alpha value is -3.07. The average Bonchev–Trinajstić information content (AvgIpc) is 3.32. The molecule has 0 aromatic carbocycles. The van der Waals surface area contributed by atoms with Crippen LogP contribution in [0.5, 0.6) is 0 Å². The Morgan fingerprint density at radius 2 is 1.83 bits per heavy atom. The average molecular weight is 400 g/mol. The van der Waals surface area contributed by atoms with Gasteiger partial charge in [-0.2, -0.15) is 0 Å². The lowest BCUT2D eigenvalue weighted by Crippen LogP contribution is -2.48.